The number of hydrogen-bond acceptors (Lipinski definition) is 5. The summed E-state index contributed by atoms with van der Waals surface area (Å²) in [7, 11) is 3.78. The van der Waals surface area contributed by atoms with Crippen LogP contribution >= 0.6 is 0 Å². The summed E-state index contributed by atoms with van der Waals surface area (Å²) in [6, 6.07) is 0. The van der Waals surface area contributed by atoms with Crippen molar-refractivity contribution in [3.63, 3.8) is 0 Å². The molecule has 0 spiro atoms. The Morgan fingerprint density at radius 2 is 2.21 bits per heavy atom. The van der Waals surface area contributed by atoms with Crippen LogP contribution < -0.4 is 5.32 Å². The van der Waals surface area contributed by atoms with Crippen LogP contribution in [0.4, 0.5) is 5.82 Å². The first-order chi connectivity index (χ1) is 9.19. The number of nitrogens with one attached hydrogen (secondary N) is 1. The number of hydrogen-bond donors (Lipinski definition) is 1. The van der Waals surface area contributed by atoms with E-state index in [0.717, 1.165) is 47.2 Å². The van der Waals surface area contributed by atoms with E-state index in [-0.39, 0.29) is 0 Å². The second kappa shape index (κ2) is 4.62. The first-order valence-electron chi connectivity index (χ1n) is 6.35. The molecule has 0 fully saturated rings. The Bertz CT molecular complexity index is 602. The highest BCUT2D eigenvalue weighted by Crippen LogP contribution is 2.26. The molecule has 0 aromatic carbocycles. The van der Waals surface area contributed by atoms with Crippen LogP contribution in [0.5, 0.6) is 0 Å². The Morgan fingerprint density at radius 3 is 2.89 bits per heavy atom. The van der Waals surface area contributed by atoms with Crippen LogP contribution in [0.2, 0.25) is 0 Å². The molecule has 6 nitrogen and oxygen atoms in total. The Labute approximate surface area is 111 Å². The lowest BCUT2D eigenvalue weighted by atomic mass is 10.1. The second-order valence-electron chi connectivity index (χ2n) is 4.68. The molecule has 1 aliphatic heterocycles. The van der Waals surface area contributed by atoms with Gasteiger partial charge in [0.1, 0.15) is 5.82 Å². The maximum atomic E-state index is 5.48. The van der Waals surface area contributed by atoms with Gasteiger partial charge in [0.15, 0.2) is 5.82 Å². The van der Waals surface area contributed by atoms with Gasteiger partial charge in [-0.2, -0.15) is 5.10 Å². The molecule has 3 heterocycles. The maximum absolute atomic E-state index is 5.48. The van der Waals surface area contributed by atoms with Crippen molar-refractivity contribution in [2.24, 2.45) is 7.05 Å². The van der Waals surface area contributed by atoms with E-state index in [1.165, 1.54) is 0 Å². The van der Waals surface area contributed by atoms with Crippen molar-refractivity contribution in [1.29, 1.82) is 0 Å². The number of fused-ring (bicyclic) bond motifs is 1. The molecule has 0 saturated carbocycles. The molecule has 1 N–H and O–H groups in total. The predicted molar refractivity (Wildman–Crippen MR) is 71.9 cm³/mol. The maximum Gasteiger partial charge on any atom is 0.165 e. The van der Waals surface area contributed by atoms with E-state index < -0.39 is 0 Å². The van der Waals surface area contributed by atoms with Gasteiger partial charge < -0.3 is 10.1 Å². The molecule has 3 rings (SSSR count). The monoisotopic (exact) mass is 259 g/mol. The molecule has 6 heteroatoms. The highest BCUT2D eigenvalue weighted by atomic mass is 16.5. The molecular weight excluding hydrogens is 242 g/mol. The third-order valence-electron chi connectivity index (χ3n) is 3.31. The van der Waals surface area contributed by atoms with Gasteiger partial charge in [0.05, 0.1) is 30.2 Å². The van der Waals surface area contributed by atoms with Crippen LogP contribution in [-0.4, -0.2) is 33.4 Å². The summed E-state index contributed by atoms with van der Waals surface area (Å²) in [5.41, 5.74) is 4.06. The minimum absolute atomic E-state index is 0.581. The fourth-order valence-corrected chi connectivity index (χ4v) is 2.38. The van der Waals surface area contributed by atoms with Gasteiger partial charge in [-0.05, 0) is 6.92 Å². The van der Waals surface area contributed by atoms with E-state index in [9.17, 15) is 0 Å². The Balaban J connectivity index is 2.15. The molecule has 0 aliphatic carbocycles. The Hall–Kier alpha value is -1.95. The molecular formula is C13H17N5O. The van der Waals surface area contributed by atoms with Crippen molar-refractivity contribution in [3.05, 3.63) is 23.1 Å². The van der Waals surface area contributed by atoms with E-state index in [0.29, 0.717) is 6.61 Å². The fraction of sp³-hybridized carbons (Fsp3) is 0.462. The van der Waals surface area contributed by atoms with E-state index in [2.05, 4.69) is 20.4 Å². The van der Waals surface area contributed by atoms with Gasteiger partial charge in [-0.1, -0.05) is 0 Å². The smallest absolute Gasteiger partial charge is 0.165 e. The number of anilines is 1. The fourth-order valence-electron chi connectivity index (χ4n) is 2.38. The molecule has 0 bridgehead atoms. The molecule has 2 aromatic rings. The van der Waals surface area contributed by atoms with Crippen LogP contribution in [0.25, 0.3) is 11.4 Å². The average molecular weight is 259 g/mol. The van der Waals surface area contributed by atoms with E-state index in [1.54, 1.807) is 4.68 Å². The van der Waals surface area contributed by atoms with Gasteiger partial charge in [-0.25, -0.2) is 9.97 Å². The van der Waals surface area contributed by atoms with Crippen molar-refractivity contribution in [1.82, 2.24) is 19.7 Å². The second-order valence-corrected chi connectivity index (χ2v) is 4.68. The van der Waals surface area contributed by atoms with Gasteiger partial charge in [0, 0.05) is 32.3 Å². The SMILES string of the molecule is CNc1nc(-c2cn(C)nc2C)nc2c1COCC2. The number of nitrogens with zero attached hydrogens (tertiary/aromatic N) is 4. The molecule has 100 valence electrons. The van der Waals surface area contributed by atoms with Crippen molar-refractivity contribution in [2.45, 2.75) is 20.0 Å². The molecule has 19 heavy (non-hydrogen) atoms. The van der Waals surface area contributed by atoms with Crippen molar-refractivity contribution in [3.8, 4) is 11.4 Å². The molecule has 2 aromatic heterocycles. The van der Waals surface area contributed by atoms with Crippen LogP contribution in [0.1, 0.15) is 17.0 Å². The summed E-state index contributed by atoms with van der Waals surface area (Å²) in [5, 5.41) is 7.48. The van der Waals surface area contributed by atoms with Crippen LogP contribution in [0.3, 0.4) is 0 Å². The summed E-state index contributed by atoms with van der Waals surface area (Å²) in [6.07, 6.45) is 2.79. The normalized spacial score (nSPS) is 14.3. The van der Waals surface area contributed by atoms with E-state index in [1.807, 2.05) is 27.2 Å². The largest absolute Gasteiger partial charge is 0.376 e. The van der Waals surface area contributed by atoms with Crippen LogP contribution in [0, 0.1) is 6.92 Å². The Morgan fingerprint density at radius 1 is 1.37 bits per heavy atom. The zero-order valence-electron chi connectivity index (χ0n) is 11.4. The summed E-state index contributed by atoms with van der Waals surface area (Å²) >= 11 is 0. The number of aryl methyl sites for hydroxylation is 2. The summed E-state index contributed by atoms with van der Waals surface area (Å²) in [5.74, 6) is 1.58. The van der Waals surface area contributed by atoms with Gasteiger partial charge in [-0.15, -0.1) is 0 Å². The molecule has 0 radical (unpaired) electrons. The lowest BCUT2D eigenvalue weighted by molar-refractivity contribution is 0.109. The highest BCUT2D eigenvalue weighted by Gasteiger charge is 2.19. The average Bonchev–Trinajstić information content (AvgIpc) is 2.76. The van der Waals surface area contributed by atoms with Crippen molar-refractivity contribution in [2.75, 3.05) is 19.0 Å². The van der Waals surface area contributed by atoms with E-state index >= 15 is 0 Å². The third kappa shape index (κ3) is 2.08. The predicted octanol–water partition coefficient (Wildman–Crippen LogP) is 1.30. The van der Waals surface area contributed by atoms with Crippen molar-refractivity contribution >= 4 is 5.82 Å². The summed E-state index contributed by atoms with van der Waals surface area (Å²) in [4.78, 5) is 9.28. The van der Waals surface area contributed by atoms with Gasteiger partial charge in [0.2, 0.25) is 0 Å². The first kappa shape index (κ1) is 12.1. The van der Waals surface area contributed by atoms with E-state index in [4.69, 9.17) is 4.74 Å². The lowest BCUT2D eigenvalue weighted by Crippen LogP contribution is -2.16. The molecule has 0 amide bonds. The molecule has 0 atom stereocenters. The topological polar surface area (TPSA) is 64.9 Å². The standard InChI is InChI=1S/C13H17N5O/c1-8-9(6-18(3)17-8)13-15-11-4-5-19-7-10(11)12(14-2)16-13/h6H,4-5,7H2,1-3H3,(H,14,15,16). The van der Waals surface area contributed by atoms with Gasteiger partial charge >= 0.3 is 0 Å². The molecule has 0 saturated heterocycles. The quantitative estimate of drug-likeness (QED) is 0.880. The number of aromatic nitrogens is 4. The minimum atomic E-state index is 0.581. The van der Waals surface area contributed by atoms with Gasteiger partial charge in [-0.3, -0.25) is 4.68 Å². The molecule has 1 aliphatic rings. The number of rotatable bonds is 2. The Kier molecular flexibility index (Phi) is 2.94. The lowest BCUT2D eigenvalue weighted by Gasteiger charge is -2.19. The molecule has 0 unspecified atom stereocenters. The van der Waals surface area contributed by atoms with Crippen LogP contribution in [0.15, 0.2) is 6.20 Å². The van der Waals surface area contributed by atoms with Gasteiger partial charge in [0.25, 0.3) is 0 Å². The van der Waals surface area contributed by atoms with Crippen LogP contribution in [-0.2, 0) is 24.8 Å². The third-order valence-corrected chi connectivity index (χ3v) is 3.31. The first-order valence-corrected chi connectivity index (χ1v) is 6.35. The minimum Gasteiger partial charge on any atom is -0.376 e. The summed E-state index contributed by atoms with van der Waals surface area (Å²) < 4.78 is 7.26. The summed E-state index contributed by atoms with van der Waals surface area (Å²) in [6.45, 7) is 3.27. The van der Waals surface area contributed by atoms with Crippen molar-refractivity contribution < 1.29 is 4.74 Å². The highest BCUT2D eigenvalue weighted by molar-refractivity contribution is 5.61. The zero-order valence-corrected chi connectivity index (χ0v) is 11.4. The number of ether oxygens (including phenoxy) is 1. The zero-order chi connectivity index (χ0) is 13.4.